The summed E-state index contributed by atoms with van der Waals surface area (Å²) < 4.78 is 33.1. The highest BCUT2D eigenvalue weighted by Gasteiger charge is 2.27. The van der Waals surface area contributed by atoms with E-state index in [4.69, 9.17) is 29.4 Å². The van der Waals surface area contributed by atoms with Gasteiger partial charge in [0.25, 0.3) is 0 Å². The SMILES string of the molecule is C=C(C)CN(CCN(CP(=O)(O)O)CP(=O)(O)O)CP(=O)(O)O. The van der Waals surface area contributed by atoms with Crippen LogP contribution in [0.4, 0.5) is 0 Å². The van der Waals surface area contributed by atoms with E-state index in [1.54, 1.807) is 6.92 Å². The smallest absolute Gasteiger partial charge is 0.324 e. The van der Waals surface area contributed by atoms with Crippen LogP contribution >= 0.6 is 22.8 Å². The molecule has 0 heterocycles. The van der Waals surface area contributed by atoms with Gasteiger partial charge in [0, 0.05) is 19.6 Å². The monoisotopic (exact) mass is 396 g/mol. The average molecular weight is 396 g/mol. The fourth-order valence-corrected chi connectivity index (χ4v) is 4.28. The Labute approximate surface area is 134 Å². The Kier molecular flexibility index (Phi) is 9.03. The van der Waals surface area contributed by atoms with E-state index in [9.17, 15) is 13.7 Å². The molecule has 0 spiro atoms. The van der Waals surface area contributed by atoms with Crippen molar-refractivity contribution in [2.45, 2.75) is 6.92 Å². The van der Waals surface area contributed by atoms with Crippen molar-refractivity contribution < 1.29 is 43.1 Å². The van der Waals surface area contributed by atoms with E-state index in [0.29, 0.717) is 5.57 Å². The Morgan fingerprint density at radius 1 is 0.783 bits per heavy atom. The molecule has 0 atom stereocenters. The topological polar surface area (TPSA) is 179 Å². The van der Waals surface area contributed by atoms with Crippen LogP contribution in [0.1, 0.15) is 6.92 Å². The van der Waals surface area contributed by atoms with E-state index < -0.39 is 41.6 Å². The third kappa shape index (κ3) is 15.4. The Hall–Kier alpha value is 0.110. The van der Waals surface area contributed by atoms with Crippen molar-refractivity contribution in [1.29, 1.82) is 0 Å². The summed E-state index contributed by atoms with van der Waals surface area (Å²) in [5.74, 6) is 0. The summed E-state index contributed by atoms with van der Waals surface area (Å²) in [5.41, 5.74) is 0.606. The molecule has 0 unspecified atom stereocenters. The highest BCUT2D eigenvalue weighted by molar-refractivity contribution is 7.52. The lowest BCUT2D eigenvalue weighted by Gasteiger charge is -2.28. The fraction of sp³-hybridized carbons (Fsp3) is 0.778. The summed E-state index contributed by atoms with van der Waals surface area (Å²) in [4.78, 5) is 56.0. The minimum absolute atomic E-state index is 0.0576. The molecule has 0 fully saturated rings. The van der Waals surface area contributed by atoms with Crippen LogP contribution in [0.15, 0.2) is 12.2 Å². The van der Waals surface area contributed by atoms with Gasteiger partial charge in [0.1, 0.15) is 18.9 Å². The van der Waals surface area contributed by atoms with E-state index in [1.807, 2.05) is 0 Å². The lowest BCUT2D eigenvalue weighted by Crippen LogP contribution is -2.37. The summed E-state index contributed by atoms with van der Waals surface area (Å²) in [6.07, 6.45) is -2.33. The van der Waals surface area contributed by atoms with Gasteiger partial charge in [-0.1, -0.05) is 12.2 Å². The van der Waals surface area contributed by atoms with Crippen molar-refractivity contribution in [2.24, 2.45) is 0 Å². The van der Waals surface area contributed by atoms with Crippen LogP contribution in [-0.4, -0.2) is 77.7 Å². The zero-order chi connectivity index (χ0) is 18.5. The van der Waals surface area contributed by atoms with E-state index in [1.165, 1.54) is 4.90 Å². The standard InChI is InChI=1S/C9H23N2O9P3/c1-9(2)5-10(6-21(12,13)14)3-4-11(7-22(15,16)17)8-23(18,19)20/h1,3-8H2,2H3,(H2,12,13,14)(H2,15,16,17)(H2,18,19,20). The van der Waals surface area contributed by atoms with Crippen LogP contribution in [0.5, 0.6) is 0 Å². The quantitative estimate of drug-likeness (QED) is 0.197. The molecule has 14 heteroatoms. The van der Waals surface area contributed by atoms with Gasteiger partial charge in [0.05, 0.1) is 0 Å². The number of nitrogens with zero attached hydrogens (tertiary/aromatic N) is 2. The van der Waals surface area contributed by atoms with Gasteiger partial charge in [-0.25, -0.2) is 0 Å². The average Bonchev–Trinajstić information content (AvgIpc) is 2.17. The molecule has 0 bridgehead atoms. The van der Waals surface area contributed by atoms with E-state index in [0.717, 1.165) is 4.90 Å². The first-order chi connectivity index (χ1) is 10.1. The third-order valence-electron chi connectivity index (χ3n) is 2.38. The molecule has 0 aliphatic heterocycles. The molecule has 0 saturated heterocycles. The third-order valence-corrected chi connectivity index (χ3v) is 4.68. The second-order valence-corrected chi connectivity index (χ2v) is 10.2. The highest BCUT2D eigenvalue weighted by Crippen LogP contribution is 2.41. The molecule has 11 nitrogen and oxygen atoms in total. The van der Waals surface area contributed by atoms with Crippen LogP contribution in [0.25, 0.3) is 0 Å². The maximum atomic E-state index is 11.1. The van der Waals surface area contributed by atoms with Gasteiger partial charge in [-0.2, -0.15) is 0 Å². The minimum atomic E-state index is -4.54. The molecular weight excluding hydrogens is 373 g/mol. The van der Waals surface area contributed by atoms with Crippen molar-refractivity contribution in [3.63, 3.8) is 0 Å². The van der Waals surface area contributed by atoms with Gasteiger partial charge in [0.15, 0.2) is 0 Å². The van der Waals surface area contributed by atoms with Crippen molar-refractivity contribution in [2.75, 3.05) is 38.5 Å². The van der Waals surface area contributed by atoms with Crippen molar-refractivity contribution in [3.8, 4) is 0 Å². The molecule has 138 valence electrons. The number of hydrogen-bond acceptors (Lipinski definition) is 5. The molecular formula is C9H23N2O9P3. The van der Waals surface area contributed by atoms with Crippen LogP contribution in [0, 0.1) is 0 Å². The van der Waals surface area contributed by atoms with Crippen LogP contribution < -0.4 is 0 Å². The lowest BCUT2D eigenvalue weighted by atomic mass is 10.3. The molecule has 0 aliphatic rings. The maximum Gasteiger partial charge on any atom is 0.339 e. The first-order valence-corrected chi connectivity index (χ1v) is 11.7. The predicted molar refractivity (Wildman–Crippen MR) is 83.8 cm³/mol. The molecule has 0 radical (unpaired) electrons. The van der Waals surface area contributed by atoms with E-state index in [-0.39, 0.29) is 19.6 Å². The summed E-state index contributed by atoms with van der Waals surface area (Å²) in [7, 11) is -13.4. The Balaban J connectivity index is 4.93. The van der Waals surface area contributed by atoms with Gasteiger partial charge < -0.3 is 29.4 Å². The normalized spacial score (nSPS) is 13.8. The van der Waals surface area contributed by atoms with Crippen molar-refractivity contribution in [1.82, 2.24) is 9.80 Å². The van der Waals surface area contributed by atoms with Crippen LogP contribution in [0.3, 0.4) is 0 Å². The van der Waals surface area contributed by atoms with Crippen molar-refractivity contribution >= 4 is 22.8 Å². The number of rotatable bonds is 11. The first-order valence-electron chi connectivity index (χ1n) is 6.30. The van der Waals surface area contributed by atoms with Crippen LogP contribution in [0.2, 0.25) is 0 Å². The molecule has 0 saturated carbocycles. The Bertz CT molecular complexity index is 512. The first kappa shape index (κ1) is 23.1. The molecule has 0 aromatic heterocycles. The molecule has 0 rings (SSSR count). The van der Waals surface area contributed by atoms with Crippen LogP contribution in [-0.2, 0) is 13.7 Å². The Morgan fingerprint density at radius 3 is 1.39 bits per heavy atom. The highest BCUT2D eigenvalue weighted by atomic mass is 31.2. The van der Waals surface area contributed by atoms with Gasteiger partial charge in [-0.15, -0.1) is 0 Å². The fourth-order valence-electron chi connectivity index (χ4n) is 1.83. The second kappa shape index (κ2) is 8.99. The molecule has 0 aliphatic carbocycles. The zero-order valence-electron chi connectivity index (χ0n) is 12.6. The summed E-state index contributed by atoms with van der Waals surface area (Å²) in [6.45, 7) is 5.13. The molecule has 0 aromatic carbocycles. The second-order valence-electron chi connectivity index (χ2n) is 5.32. The van der Waals surface area contributed by atoms with Gasteiger partial charge in [-0.3, -0.25) is 23.5 Å². The molecule has 23 heavy (non-hydrogen) atoms. The lowest BCUT2D eigenvalue weighted by molar-refractivity contribution is 0.230. The summed E-state index contributed by atoms with van der Waals surface area (Å²) in [5, 5.41) is 0. The largest absolute Gasteiger partial charge is 0.339 e. The van der Waals surface area contributed by atoms with Gasteiger partial charge in [-0.05, 0) is 6.92 Å². The van der Waals surface area contributed by atoms with Gasteiger partial charge in [0.2, 0.25) is 0 Å². The maximum absolute atomic E-state index is 11.1. The summed E-state index contributed by atoms with van der Waals surface area (Å²) >= 11 is 0. The van der Waals surface area contributed by atoms with E-state index >= 15 is 0 Å². The minimum Gasteiger partial charge on any atom is -0.324 e. The van der Waals surface area contributed by atoms with Gasteiger partial charge >= 0.3 is 22.8 Å². The predicted octanol–water partition coefficient (Wildman–Crippen LogP) is -0.428. The zero-order valence-corrected chi connectivity index (χ0v) is 15.3. The van der Waals surface area contributed by atoms with Crippen molar-refractivity contribution in [3.05, 3.63) is 12.2 Å². The number of hydrogen-bond donors (Lipinski definition) is 6. The Morgan fingerprint density at radius 2 is 1.09 bits per heavy atom. The molecule has 0 aromatic rings. The van der Waals surface area contributed by atoms with E-state index in [2.05, 4.69) is 6.58 Å². The summed E-state index contributed by atoms with van der Waals surface area (Å²) in [6, 6.07) is 0. The molecule has 0 amide bonds. The molecule has 6 N–H and O–H groups in total.